The third-order valence-electron chi connectivity index (χ3n) is 2.28. The van der Waals surface area contributed by atoms with Crippen LogP contribution in [0.25, 0.3) is 11.1 Å². The Balaban J connectivity index is 2.57. The molecule has 16 heavy (non-hydrogen) atoms. The van der Waals surface area contributed by atoms with Crippen molar-refractivity contribution in [3.8, 4) is 11.1 Å². The highest BCUT2D eigenvalue weighted by Crippen LogP contribution is 2.26. The molecule has 0 fully saturated rings. The van der Waals surface area contributed by atoms with Gasteiger partial charge in [0.05, 0.1) is 12.3 Å². The Labute approximate surface area is 91.0 Å². The first-order valence-electron chi connectivity index (χ1n) is 4.70. The topological polar surface area (TPSA) is 38.0 Å². The third-order valence-corrected chi connectivity index (χ3v) is 2.28. The van der Waals surface area contributed by atoms with Gasteiger partial charge < -0.3 is 5.11 Å². The molecule has 0 bridgehead atoms. The molecular weight excluding hydrogens is 214 g/mol. The molecule has 0 spiro atoms. The molecule has 0 saturated carbocycles. The van der Waals surface area contributed by atoms with Crippen molar-refractivity contribution in [3.63, 3.8) is 0 Å². The van der Waals surface area contributed by atoms with Gasteiger partial charge in [-0.25, -0.2) is 8.78 Å². The van der Waals surface area contributed by atoms with Crippen molar-refractivity contribution >= 4 is 0 Å². The third kappa shape index (κ3) is 1.81. The van der Waals surface area contributed by atoms with Crippen molar-refractivity contribution in [2.75, 3.05) is 0 Å². The minimum absolute atomic E-state index is 0.235. The number of benzene rings is 1. The van der Waals surface area contributed by atoms with E-state index in [1.807, 2.05) is 0 Å². The molecule has 2 aromatic rings. The normalized spacial score (nSPS) is 10.8. The fourth-order valence-corrected chi connectivity index (χ4v) is 1.58. The van der Waals surface area contributed by atoms with Gasteiger partial charge in [0, 0.05) is 30.4 Å². The van der Waals surface area contributed by atoms with E-state index in [-0.39, 0.29) is 12.2 Å². The highest BCUT2D eigenvalue weighted by Gasteiger charge is 2.13. The predicted octanol–water partition coefficient (Wildman–Crippen LogP) is 1.86. The molecule has 3 nitrogen and oxygen atoms in total. The van der Waals surface area contributed by atoms with E-state index in [1.165, 1.54) is 16.8 Å². The molecule has 0 radical (unpaired) electrons. The van der Waals surface area contributed by atoms with Gasteiger partial charge in [-0.05, 0) is 12.1 Å². The Kier molecular flexibility index (Phi) is 2.70. The second-order valence-electron chi connectivity index (χ2n) is 3.45. The van der Waals surface area contributed by atoms with Gasteiger partial charge in [0.2, 0.25) is 0 Å². The molecule has 0 aliphatic heterocycles. The van der Waals surface area contributed by atoms with Gasteiger partial charge in [-0.1, -0.05) is 0 Å². The Morgan fingerprint density at radius 2 is 2.06 bits per heavy atom. The first kappa shape index (κ1) is 10.8. The van der Waals surface area contributed by atoms with Crippen molar-refractivity contribution in [3.05, 3.63) is 41.7 Å². The molecule has 5 heteroatoms. The van der Waals surface area contributed by atoms with Crippen LogP contribution in [0.4, 0.5) is 8.78 Å². The van der Waals surface area contributed by atoms with E-state index in [0.29, 0.717) is 11.3 Å². The zero-order valence-electron chi connectivity index (χ0n) is 8.61. The summed E-state index contributed by atoms with van der Waals surface area (Å²) in [6, 6.07) is 3.32. The number of aliphatic hydroxyl groups excluding tert-OH is 1. The van der Waals surface area contributed by atoms with Crippen LogP contribution >= 0.6 is 0 Å². The smallest absolute Gasteiger partial charge is 0.134 e. The molecule has 0 amide bonds. The second kappa shape index (κ2) is 4.02. The highest BCUT2D eigenvalue weighted by atomic mass is 19.1. The molecule has 1 aromatic carbocycles. The standard InChI is InChI=1S/C11H10F2N2O/c1-15-5-9(11(6-16)14-15)8-3-2-7(12)4-10(8)13/h2-5,16H,6H2,1H3. The molecule has 0 atom stereocenters. The van der Waals surface area contributed by atoms with E-state index in [1.54, 1.807) is 13.2 Å². The second-order valence-corrected chi connectivity index (χ2v) is 3.45. The number of aromatic nitrogens is 2. The number of aliphatic hydroxyl groups is 1. The first-order valence-corrected chi connectivity index (χ1v) is 4.70. The van der Waals surface area contributed by atoms with Gasteiger partial charge >= 0.3 is 0 Å². The van der Waals surface area contributed by atoms with E-state index in [4.69, 9.17) is 5.11 Å². The first-order chi connectivity index (χ1) is 7.61. The van der Waals surface area contributed by atoms with Crippen LogP contribution in [-0.4, -0.2) is 14.9 Å². The molecule has 2 rings (SSSR count). The number of hydrogen-bond acceptors (Lipinski definition) is 2. The Morgan fingerprint density at radius 1 is 1.31 bits per heavy atom. The maximum atomic E-state index is 13.5. The van der Waals surface area contributed by atoms with Crippen molar-refractivity contribution in [2.24, 2.45) is 7.05 Å². The van der Waals surface area contributed by atoms with E-state index < -0.39 is 11.6 Å². The maximum Gasteiger partial charge on any atom is 0.134 e. The van der Waals surface area contributed by atoms with Crippen molar-refractivity contribution < 1.29 is 13.9 Å². The average molecular weight is 224 g/mol. The summed E-state index contributed by atoms with van der Waals surface area (Å²) in [5, 5.41) is 13.0. The summed E-state index contributed by atoms with van der Waals surface area (Å²) in [6.07, 6.45) is 1.59. The maximum absolute atomic E-state index is 13.5. The lowest BCUT2D eigenvalue weighted by molar-refractivity contribution is 0.276. The fourth-order valence-electron chi connectivity index (χ4n) is 1.58. The molecule has 1 N–H and O–H groups in total. The van der Waals surface area contributed by atoms with Gasteiger partial charge in [-0.2, -0.15) is 5.10 Å². The molecule has 0 aliphatic rings. The van der Waals surface area contributed by atoms with Crippen LogP contribution in [0.1, 0.15) is 5.69 Å². The molecule has 1 aromatic heterocycles. The monoisotopic (exact) mass is 224 g/mol. The lowest BCUT2D eigenvalue weighted by Gasteiger charge is -2.01. The van der Waals surface area contributed by atoms with E-state index >= 15 is 0 Å². The molecular formula is C11H10F2N2O. The summed E-state index contributed by atoms with van der Waals surface area (Å²) in [6.45, 7) is -0.285. The number of rotatable bonds is 2. The van der Waals surface area contributed by atoms with E-state index in [9.17, 15) is 8.78 Å². The number of halogens is 2. The molecule has 1 heterocycles. The minimum Gasteiger partial charge on any atom is -0.390 e. The minimum atomic E-state index is -0.664. The lowest BCUT2D eigenvalue weighted by atomic mass is 10.1. The number of aryl methyl sites for hydroxylation is 1. The fraction of sp³-hybridized carbons (Fsp3) is 0.182. The highest BCUT2D eigenvalue weighted by molar-refractivity contribution is 5.65. The van der Waals surface area contributed by atoms with Crippen LogP contribution in [0.3, 0.4) is 0 Å². The summed E-state index contributed by atoms with van der Waals surface area (Å²) < 4.78 is 27.7. The van der Waals surface area contributed by atoms with Crippen LogP contribution in [0.2, 0.25) is 0 Å². The summed E-state index contributed by atoms with van der Waals surface area (Å²) in [5.41, 5.74) is 1.08. The van der Waals surface area contributed by atoms with Gasteiger partial charge in [0.25, 0.3) is 0 Å². The number of nitrogens with zero attached hydrogens (tertiary/aromatic N) is 2. The van der Waals surface area contributed by atoms with Gasteiger partial charge in [0.15, 0.2) is 0 Å². The van der Waals surface area contributed by atoms with Crippen molar-refractivity contribution in [1.82, 2.24) is 9.78 Å². The SMILES string of the molecule is Cn1cc(-c2ccc(F)cc2F)c(CO)n1. The summed E-state index contributed by atoms with van der Waals surface area (Å²) in [4.78, 5) is 0. The average Bonchev–Trinajstić information content (AvgIpc) is 2.59. The predicted molar refractivity (Wildman–Crippen MR) is 54.5 cm³/mol. The quantitative estimate of drug-likeness (QED) is 0.845. The zero-order chi connectivity index (χ0) is 11.7. The van der Waals surface area contributed by atoms with E-state index in [0.717, 1.165) is 6.07 Å². The summed E-state index contributed by atoms with van der Waals surface area (Å²) in [7, 11) is 1.67. The lowest BCUT2D eigenvalue weighted by Crippen LogP contribution is -1.92. The molecule has 0 unspecified atom stereocenters. The summed E-state index contributed by atoms with van der Waals surface area (Å²) in [5.74, 6) is -1.29. The number of hydrogen-bond donors (Lipinski definition) is 1. The van der Waals surface area contributed by atoms with Gasteiger partial charge in [0.1, 0.15) is 11.6 Å². The van der Waals surface area contributed by atoms with Crippen LogP contribution in [-0.2, 0) is 13.7 Å². The summed E-state index contributed by atoms with van der Waals surface area (Å²) >= 11 is 0. The van der Waals surface area contributed by atoms with Gasteiger partial charge in [-0.15, -0.1) is 0 Å². The largest absolute Gasteiger partial charge is 0.390 e. The molecule has 84 valence electrons. The Morgan fingerprint density at radius 3 is 2.69 bits per heavy atom. The van der Waals surface area contributed by atoms with Gasteiger partial charge in [-0.3, -0.25) is 4.68 Å². The molecule has 0 saturated heterocycles. The Bertz CT molecular complexity index is 523. The Hall–Kier alpha value is -1.75. The van der Waals surface area contributed by atoms with Crippen molar-refractivity contribution in [1.29, 1.82) is 0 Å². The van der Waals surface area contributed by atoms with Crippen LogP contribution in [0.5, 0.6) is 0 Å². The van der Waals surface area contributed by atoms with Crippen LogP contribution < -0.4 is 0 Å². The van der Waals surface area contributed by atoms with Crippen LogP contribution in [0.15, 0.2) is 24.4 Å². The van der Waals surface area contributed by atoms with Crippen LogP contribution in [0, 0.1) is 11.6 Å². The zero-order valence-corrected chi connectivity index (χ0v) is 8.61. The van der Waals surface area contributed by atoms with Crippen molar-refractivity contribution in [2.45, 2.75) is 6.61 Å². The van der Waals surface area contributed by atoms with E-state index in [2.05, 4.69) is 5.10 Å². The molecule has 0 aliphatic carbocycles.